The van der Waals surface area contributed by atoms with Crippen molar-refractivity contribution in [3.63, 3.8) is 0 Å². The van der Waals surface area contributed by atoms with Crippen LogP contribution in [0.1, 0.15) is 37.7 Å². The molecule has 1 amide bonds. The Morgan fingerprint density at radius 2 is 1.50 bits per heavy atom. The van der Waals surface area contributed by atoms with Gasteiger partial charge in [-0.3, -0.25) is 4.79 Å². The predicted octanol–water partition coefficient (Wildman–Crippen LogP) is 5.11. The molecule has 2 aromatic carbocycles. The van der Waals surface area contributed by atoms with Crippen molar-refractivity contribution in [2.24, 2.45) is 0 Å². The van der Waals surface area contributed by atoms with E-state index in [0.717, 1.165) is 16.9 Å². The number of amides is 1. The van der Waals surface area contributed by atoms with Gasteiger partial charge in [0.25, 0.3) is 0 Å². The molecule has 0 unspecified atom stereocenters. The summed E-state index contributed by atoms with van der Waals surface area (Å²) in [6.07, 6.45) is 9.57. The second-order valence-electron chi connectivity index (χ2n) is 7.34. The molecule has 6 nitrogen and oxygen atoms in total. The zero-order chi connectivity index (χ0) is 21.3. The van der Waals surface area contributed by atoms with Crippen LogP contribution in [0.15, 0.2) is 42.5 Å². The lowest BCUT2D eigenvalue weighted by atomic mass is 9.95. The molecule has 3 rings (SSSR count). The highest BCUT2D eigenvalue weighted by molar-refractivity contribution is 6.02. The highest BCUT2D eigenvalue weighted by Crippen LogP contribution is 2.38. The van der Waals surface area contributed by atoms with Gasteiger partial charge in [-0.15, -0.1) is 0 Å². The monoisotopic (exact) mass is 410 g/mol. The van der Waals surface area contributed by atoms with Crippen LogP contribution in [0.4, 0.5) is 11.4 Å². The van der Waals surface area contributed by atoms with Gasteiger partial charge in [-0.25, -0.2) is 0 Å². The van der Waals surface area contributed by atoms with Gasteiger partial charge in [0.15, 0.2) is 11.5 Å². The molecule has 1 saturated carbocycles. The van der Waals surface area contributed by atoms with Crippen molar-refractivity contribution < 1.29 is 19.0 Å². The Labute approximate surface area is 178 Å². The fourth-order valence-electron chi connectivity index (χ4n) is 3.69. The van der Waals surface area contributed by atoms with Crippen LogP contribution in [0.2, 0.25) is 0 Å². The molecule has 6 heteroatoms. The van der Waals surface area contributed by atoms with Crippen LogP contribution in [0, 0.1) is 0 Å². The fraction of sp³-hybridized carbons (Fsp3) is 0.375. The van der Waals surface area contributed by atoms with E-state index in [0.29, 0.717) is 23.3 Å². The maximum absolute atomic E-state index is 12.3. The molecule has 2 N–H and O–H groups in total. The molecule has 0 aliphatic heterocycles. The Morgan fingerprint density at radius 1 is 0.900 bits per heavy atom. The van der Waals surface area contributed by atoms with Crippen LogP contribution in [0.25, 0.3) is 6.08 Å². The van der Waals surface area contributed by atoms with E-state index in [1.54, 1.807) is 39.5 Å². The van der Waals surface area contributed by atoms with Crippen molar-refractivity contribution in [3.8, 4) is 17.2 Å². The number of rotatable bonds is 8. The lowest BCUT2D eigenvalue weighted by Gasteiger charge is -2.23. The fourth-order valence-corrected chi connectivity index (χ4v) is 3.69. The summed E-state index contributed by atoms with van der Waals surface area (Å²) in [5.74, 6) is 1.39. The number of ether oxygens (including phenoxy) is 3. The smallest absolute Gasteiger partial charge is 0.248 e. The molecule has 160 valence electrons. The van der Waals surface area contributed by atoms with Gasteiger partial charge in [0, 0.05) is 23.5 Å². The summed E-state index contributed by atoms with van der Waals surface area (Å²) in [6.45, 7) is 0. The average molecular weight is 411 g/mol. The van der Waals surface area contributed by atoms with Gasteiger partial charge in [0.1, 0.15) is 0 Å². The first-order valence-electron chi connectivity index (χ1n) is 10.3. The highest BCUT2D eigenvalue weighted by Gasteiger charge is 2.13. The predicted molar refractivity (Wildman–Crippen MR) is 121 cm³/mol. The molecule has 1 aliphatic carbocycles. The summed E-state index contributed by atoms with van der Waals surface area (Å²) in [6, 6.07) is 12.0. The third-order valence-corrected chi connectivity index (χ3v) is 5.24. The molecule has 1 aliphatic rings. The number of nitrogens with one attached hydrogen (secondary N) is 2. The first-order valence-corrected chi connectivity index (χ1v) is 10.3. The second-order valence-corrected chi connectivity index (χ2v) is 7.34. The Kier molecular flexibility index (Phi) is 7.60. The first kappa shape index (κ1) is 21.6. The van der Waals surface area contributed by atoms with Gasteiger partial charge in [-0.05, 0) is 60.9 Å². The van der Waals surface area contributed by atoms with E-state index >= 15 is 0 Å². The molecular formula is C24H30N2O4. The van der Waals surface area contributed by atoms with E-state index in [4.69, 9.17) is 14.2 Å². The molecule has 0 radical (unpaired) electrons. The van der Waals surface area contributed by atoms with Crippen LogP contribution in [0.3, 0.4) is 0 Å². The zero-order valence-electron chi connectivity index (χ0n) is 17.9. The number of hydrogen-bond acceptors (Lipinski definition) is 5. The van der Waals surface area contributed by atoms with Gasteiger partial charge in [0.2, 0.25) is 11.7 Å². The number of methoxy groups -OCH3 is 3. The molecule has 1 fully saturated rings. The van der Waals surface area contributed by atoms with Crippen molar-refractivity contribution in [1.82, 2.24) is 0 Å². The molecule has 30 heavy (non-hydrogen) atoms. The van der Waals surface area contributed by atoms with E-state index < -0.39 is 0 Å². The maximum atomic E-state index is 12.3. The molecular weight excluding hydrogens is 380 g/mol. The second kappa shape index (κ2) is 10.6. The number of benzene rings is 2. The molecule has 0 heterocycles. The third-order valence-electron chi connectivity index (χ3n) is 5.24. The van der Waals surface area contributed by atoms with Crippen molar-refractivity contribution in [2.45, 2.75) is 38.1 Å². The Morgan fingerprint density at radius 3 is 2.07 bits per heavy atom. The molecule has 0 spiro atoms. The van der Waals surface area contributed by atoms with Crippen LogP contribution in [0.5, 0.6) is 17.2 Å². The van der Waals surface area contributed by atoms with E-state index in [1.807, 2.05) is 24.3 Å². The van der Waals surface area contributed by atoms with Gasteiger partial charge in [-0.2, -0.15) is 0 Å². The minimum atomic E-state index is -0.211. The van der Waals surface area contributed by atoms with E-state index in [2.05, 4.69) is 10.6 Å². The molecule has 0 aromatic heterocycles. The quantitative estimate of drug-likeness (QED) is 0.592. The van der Waals surface area contributed by atoms with Crippen molar-refractivity contribution in [2.75, 3.05) is 32.0 Å². The summed E-state index contributed by atoms with van der Waals surface area (Å²) in [4.78, 5) is 12.3. The number of carbonyl (C=O) groups is 1. The van der Waals surface area contributed by atoms with Crippen molar-refractivity contribution >= 4 is 23.4 Å². The van der Waals surface area contributed by atoms with Crippen LogP contribution in [-0.4, -0.2) is 33.3 Å². The summed E-state index contributed by atoms with van der Waals surface area (Å²) < 4.78 is 16.0. The lowest BCUT2D eigenvalue weighted by Crippen LogP contribution is -2.22. The minimum Gasteiger partial charge on any atom is -0.493 e. The lowest BCUT2D eigenvalue weighted by molar-refractivity contribution is -0.111. The molecule has 0 saturated heterocycles. The standard InChI is InChI=1S/C24H30N2O4/c1-28-21-15-17(16-22(29-2)24(21)30-3)9-14-23(27)26-20-12-10-19(11-13-20)25-18-7-5-4-6-8-18/h9-16,18,25H,4-8H2,1-3H3,(H,26,27)/b14-9+. The Balaban J connectivity index is 1.60. The van der Waals surface area contributed by atoms with Gasteiger partial charge in [-0.1, -0.05) is 19.3 Å². The summed E-state index contributed by atoms with van der Waals surface area (Å²) in [5.41, 5.74) is 2.61. The van der Waals surface area contributed by atoms with Gasteiger partial charge in [0.05, 0.1) is 21.3 Å². The highest BCUT2D eigenvalue weighted by atomic mass is 16.5. The SMILES string of the molecule is COc1cc(/C=C/C(=O)Nc2ccc(NC3CCCCC3)cc2)cc(OC)c1OC. The maximum Gasteiger partial charge on any atom is 0.248 e. The van der Waals surface area contributed by atoms with E-state index in [-0.39, 0.29) is 5.91 Å². The Hall–Kier alpha value is -3.15. The zero-order valence-corrected chi connectivity index (χ0v) is 17.9. The molecule has 2 aromatic rings. The average Bonchev–Trinajstić information content (AvgIpc) is 2.78. The van der Waals surface area contributed by atoms with E-state index in [1.165, 1.54) is 38.2 Å². The Bertz CT molecular complexity index is 846. The van der Waals surface area contributed by atoms with Crippen LogP contribution >= 0.6 is 0 Å². The van der Waals surface area contributed by atoms with Crippen molar-refractivity contribution in [3.05, 3.63) is 48.0 Å². The number of carbonyl (C=O) groups excluding carboxylic acids is 1. The third kappa shape index (κ3) is 5.69. The normalized spacial score (nSPS) is 14.4. The van der Waals surface area contributed by atoms with Gasteiger partial charge < -0.3 is 24.8 Å². The number of anilines is 2. The van der Waals surface area contributed by atoms with Crippen LogP contribution < -0.4 is 24.8 Å². The largest absolute Gasteiger partial charge is 0.493 e. The van der Waals surface area contributed by atoms with Crippen molar-refractivity contribution in [1.29, 1.82) is 0 Å². The topological polar surface area (TPSA) is 68.8 Å². The summed E-state index contributed by atoms with van der Waals surface area (Å²) >= 11 is 0. The molecule has 0 bridgehead atoms. The summed E-state index contributed by atoms with van der Waals surface area (Å²) in [5, 5.41) is 6.46. The van der Waals surface area contributed by atoms with Gasteiger partial charge >= 0.3 is 0 Å². The first-order chi connectivity index (χ1) is 14.6. The number of hydrogen-bond donors (Lipinski definition) is 2. The summed E-state index contributed by atoms with van der Waals surface area (Å²) in [7, 11) is 4.67. The molecule has 0 atom stereocenters. The van der Waals surface area contributed by atoms with Crippen LogP contribution in [-0.2, 0) is 4.79 Å². The van der Waals surface area contributed by atoms with E-state index in [9.17, 15) is 4.79 Å². The minimum absolute atomic E-state index is 0.211.